The number of hydrogen-bond donors (Lipinski definition) is 3. The van der Waals surface area contributed by atoms with Crippen LogP contribution in [0, 0.1) is 5.41 Å². The Kier molecular flexibility index (Phi) is 6.02. The van der Waals surface area contributed by atoms with Crippen molar-refractivity contribution in [3.05, 3.63) is 45.1 Å². The highest BCUT2D eigenvalue weighted by atomic mass is 35.5. The van der Waals surface area contributed by atoms with Crippen LogP contribution < -0.4 is 21.9 Å². The zero-order valence-corrected chi connectivity index (χ0v) is 14.9. The molecule has 1 amide bonds. The first-order valence-electron chi connectivity index (χ1n) is 8.18. The Morgan fingerprint density at radius 2 is 1.92 bits per heavy atom. The van der Waals surface area contributed by atoms with Crippen LogP contribution in [0.15, 0.2) is 33.9 Å². The summed E-state index contributed by atoms with van der Waals surface area (Å²) in [5.41, 5.74) is -0.479. The van der Waals surface area contributed by atoms with Crippen molar-refractivity contribution in [2.75, 3.05) is 19.6 Å². The molecule has 3 N–H and O–H groups in total. The Hall–Kier alpha value is -2.12. The number of H-pyrrole nitrogens is 1. The molecule has 2 heterocycles. The number of aromatic amines is 1. The normalized spacial score (nSPS) is 16.2. The molecular weight excluding hydrogens is 344 g/mol. The summed E-state index contributed by atoms with van der Waals surface area (Å²) in [5, 5.41) is 6.56. The lowest BCUT2D eigenvalue weighted by Crippen LogP contribution is -2.45. The van der Waals surface area contributed by atoms with E-state index in [1.165, 1.54) is 0 Å². The van der Waals surface area contributed by atoms with Crippen molar-refractivity contribution in [2.24, 2.45) is 5.41 Å². The van der Waals surface area contributed by atoms with Crippen LogP contribution in [0.4, 0.5) is 0 Å². The van der Waals surface area contributed by atoms with Gasteiger partial charge in [0.25, 0.3) is 5.56 Å². The van der Waals surface area contributed by atoms with Gasteiger partial charge in [-0.1, -0.05) is 19.1 Å². The molecule has 136 valence electrons. The van der Waals surface area contributed by atoms with Gasteiger partial charge in [0.15, 0.2) is 0 Å². The molecule has 7 nitrogen and oxygen atoms in total. The lowest BCUT2D eigenvalue weighted by atomic mass is 9.81. The smallest absolute Gasteiger partial charge is 0.329 e. The molecule has 0 bridgehead atoms. The second-order valence-electron chi connectivity index (χ2n) is 6.70. The molecule has 0 unspecified atom stereocenters. The van der Waals surface area contributed by atoms with Crippen LogP contribution in [0.5, 0.6) is 0 Å². The number of nitrogens with one attached hydrogen (secondary N) is 3. The van der Waals surface area contributed by atoms with Crippen molar-refractivity contribution in [3.8, 4) is 0 Å². The third-order valence-corrected chi connectivity index (χ3v) is 4.71. The monoisotopic (exact) mass is 366 g/mol. The van der Waals surface area contributed by atoms with Crippen LogP contribution in [0.2, 0.25) is 0 Å². The second kappa shape index (κ2) is 7.84. The number of benzene rings is 1. The first-order valence-corrected chi connectivity index (χ1v) is 8.18. The van der Waals surface area contributed by atoms with Crippen LogP contribution in [0.3, 0.4) is 0 Å². The van der Waals surface area contributed by atoms with E-state index in [1.54, 1.807) is 24.3 Å². The number of rotatable bonds is 4. The number of halogens is 1. The van der Waals surface area contributed by atoms with E-state index < -0.39 is 11.2 Å². The van der Waals surface area contributed by atoms with Gasteiger partial charge in [-0.3, -0.25) is 14.2 Å². The van der Waals surface area contributed by atoms with Crippen LogP contribution in [0.1, 0.15) is 19.8 Å². The maximum absolute atomic E-state index is 12.4. The van der Waals surface area contributed by atoms with Crippen molar-refractivity contribution in [1.82, 2.24) is 20.2 Å². The summed E-state index contributed by atoms with van der Waals surface area (Å²) in [6.45, 7) is 4.30. The van der Waals surface area contributed by atoms with E-state index in [9.17, 15) is 14.4 Å². The molecule has 0 saturated carbocycles. The molecular formula is C17H23ClN4O3. The van der Waals surface area contributed by atoms with Crippen LogP contribution in [0.25, 0.3) is 10.9 Å². The molecule has 8 heteroatoms. The van der Waals surface area contributed by atoms with Gasteiger partial charge in [-0.15, -0.1) is 12.4 Å². The van der Waals surface area contributed by atoms with Gasteiger partial charge in [0.1, 0.15) is 6.54 Å². The fourth-order valence-corrected chi connectivity index (χ4v) is 3.06. The number of carbonyl (C=O) groups is 1. The van der Waals surface area contributed by atoms with Gasteiger partial charge in [0, 0.05) is 6.54 Å². The molecule has 0 aliphatic carbocycles. The minimum atomic E-state index is -0.568. The maximum Gasteiger partial charge on any atom is 0.329 e. The van der Waals surface area contributed by atoms with Gasteiger partial charge in [-0.05, 0) is 43.5 Å². The molecule has 3 rings (SSSR count). The fraction of sp³-hybridized carbons (Fsp3) is 0.471. The molecule has 2 aromatic rings. The quantitative estimate of drug-likeness (QED) is 0.739. The number of amides is 1. The van der Waals surface area contributed by atoms with E-state index in [0.717, 1.165) is 30.5 Å². The predicted octanol–water partition coefficient (Wildman–Crippen LogP) is 0.617. The lowest BCUT2D eigenvalue weighted by Gasteiger charge is -2.34. The summed E-state index contributed by atoms with van der Waals surface area (Å²) in [6, 6.07) is 6.78. The van der Waals surface area contributed by atoms with E-state index in [4.69, 9.17) is 0 Å². The zero-order chi connectivity index (χ0) is 17.2. The molecule has 1 aromatic carbocycles. The van der Waals surface area contributed by atoms with E-state index in [2.05, 4.69) is 22.5 Å². The number of aromatic nitrogens is 2. The average molecular weight is 367 g/mol. The standard InChI is InChI=1S/C17H22N4O3.ClH/c1-17(6-8-18-9-7-17)11-19-14(22)10-21-15(23)12-4-2-3-5-13(12)20-16(21)24;/h2-5,18H,6-11H2,1H3,(H,19,22)(H,20,24);1H. The van der Waals surface area contributed by atoms with Gasteiger partial charge in [0.2, 0.25) is 5.91 Å². The number of hydrogen-bond acceptors (Lipinski definition) is 4. The molecule has 0 spiro atoms. The summed E-state index contributed by atoms with van der Waals surface area (Å²) in [5.74, 6) is -0.322. The van der Waals surface area contributed by atoms with E-state index in [0.29, 0.717) is 17.4 Å². The highest BCUT2D eigenvalue weighted by molar-refractivity contribution is 5.85. The Morgan fingerprint density at radius 3 is 2.64 bits per heavy atom. The van der Waals surface area contributed by atoms with Crippen molar-refractivity contribution >= 4 is 29.2 Å². The van der Waals surface area contributed by atoms with Gasteiger partial charge >= 0.3 is 5.69 Å². The Bertz CT molecular complexity index is 868. The first kappa shape index (κ1) is 19.2. The minimum Gasteiger partial charge on any atom is -0.354 e. The maximum atomic E-state index is 12.4. The van der Waals surface area contributed by atoms with Crippen molar-refractivity contribution in [2.45, 2.75) is 26.3 Å². The SMILES string of the molecule is CC1(CNC(=O)Cn2c(=O)[nH]c3ccccc3c2=O)CCNCC1.Cl. The fourth-order valence-electron chi connectivity index (χ4n) is 3.06. The molecule has 0 atom stereocenters. The van der Waals surface area contributed by atoms with E-state index >= 15 is 0 Å². The summed E-state index contributed by atoms with van der Waals surface area (Å²) < 4.78 is 0.947. The third-order valence-electron chi connectivity index (χ3n) is 4.71. The molecule has 1 aliphatic heterocycles. The van der Waals surface area contributed by atoms with Crippen molar-refractivity contribution in [3.63, 3.8) is 0 Å². The molecule has 0 radical (unpaired) electrons. The Labute approximate surface area is 151 Å². The summed E-state index contributed by atoms with van der Waals surface area (Å²) in [4.78, 5) is 39.3. The minimum absolute atomic E-state index is 0. The molecule has 25 heavy (non-hydrogen) atoms. The van der Waals surface area contributed by atoms with Crippen LogP contribution in [-0.2, 0) is 11.3 Å². The molecule has 1 aliphatic rings. The van der Waals surface area contributed by atoms with Gasteiger partial charge in [0.05, 0.1) is 10.9 Å². The van der Waals surface area contributed by atoms with Gasteiger partial charge < -0.3 is 15.6 Å². The third kappa shape index (κ3) is 4.29. The summed E-state index contributed by atoms with van der Waals surface area (Å²) in [6.07, 6.45) is 1.98. The van der Waals surface area contributed by atoms with E-state index in [-0.39, 0.29) is 30.3 Å². The summed E-state index contributed by atoms with van der Waals surface area (Å²) >= 11 is 0. The molecule has 1 saturated heterocycles. The van der Waals surface area contributed by atoms with E-state index in [1.807, 2.05) is 0 Å². The highest BCUT2D eigenvalue weighted by Gasteiger charge is 2.27. The Morgan fingerprint density at radius 1 is 1.24 bits per heavy atom. The number of piperidine rings is 1. The van der Waals surface area contributed by atoms with Crippen molar-refractivity contribution < 1.29 is 4.79 Å². The average Bonchev–Trinajstić information content (AvgIpc) is 2.58. The largest absolute Gasteiger partial charge is 0.354 e. The topological polar surface area (TPSA) is 96.0 Å². The number of carbonyl (C=O) groups excluding carboxylic acids is 1. The number of fused-ring (bicyclic) bond motifs is 1. The first-order chi connectivity index (χ1) is 11.5. The van der Waals surface area contributed by atoms with Gasteiger partial charge in [-0.2, -0.15) is 0 Å². The van der Waals surface area contributed by atoms with Crippen LogP contribution in [-0.4, -0.2) is 35.1 Å². The lowest BCUT2D eigenvalue weighted by molar-refractivity contribution is -0.122. The van der Waals surface area contributed by atoms with Crippen LogP contribution >= 0.6 is 12.4 Å². The molecule has 1 aromatic heterocycles. The Balaban J connectivity index is 0.00000225. The number of para-hydroxylation sites is 1. The molecule has 1 fully saturated rings. The highest BCUT2D eigenvalue weighted by Crippen LogP contribution is 2.26. The predicted molar refractivity (Wildman–Crippen MR) is 99.3 cm³/mol. The number of nitrogens with zero attached hydrogens (tertiary/aromatic N) is 1. The zero-order valence-electron chi connectivity index (χ0n) is 14.1. The summed E-state index contributed by atoms with van der Waals surface area (Å²) in [7, 11) is 0. The second-order valence-corrected chi connectivity index (χ2v) is 6.70. The van der Waals surface area contributed by atoms with Crippen molar-refractivity contribution in [1.29, 1.82) is 0 Å². The van der Waals surface area contributed by atoms with Gasteiger partial charge in [-0.25, -0.2) is 4.79 Å².